The predicted molar refractivity (Wildman–Crippen MR) is 49.4 cm³/mol. The number of nitrogen functional groups attached to an aromatic ring is 1. The average molecular weight is 180 g/mol. The largest absolute Gasteiger partial charge is 0.464 e. The third-order valence-electron chi connectivity index (χ3n) is 1.66. The molecule has 1 aromatic heterocycles. The van der Waals surface area contributed by atoms with Crippen LogP contribution in [0.3, 0.4) is 0 Å². The van der Waals surface area contributed by atoms with Gasteiger partial charge in [0.1, 0.15) is 0 Å². The molecule has 0 aromatic carbocycles. The lowest BCUT2D eigenvalue weighted by molar-refractivity contribution is 0.0594. The van der Waals surface area contributed by atoms with Gasteiger partial charge in [-0.15, -0.1) is 0 Å². The SMILES string of the molecule is CCc1cc(N)cc(C(=O)OC)n1. The number of aryl methyl sites for hydroxylation is 1. The summed E-state index contributed by atoms with van der Waals surface area (Å²) in [7, 11) is 1.32. The maximum absolute atomic E-state index is 11.1. The van der Waals surface area contributed by atoms with Gasteiger partial charge in [0.2, 0.25) is 0 Å². The Balaban J connectivity index is 3.08. The molecule has 0 fully saturated rings. The molecular weight excluding hydrogens is 168 g/mol. The van der Waals surface area contributed by atoms with Crippen molar-refractivity contribution < 1.29 is 9.53 Å². The number of nitrogens with two attached hydrogens (primary N) is 1. The minimum absolute atomic E-state index is 0.263. The summed E-state index contributed by atoms with van der Waals surface area (Å²) in [6.07, 6.45) is 0.745. The number of ether oxygens (including phenoxy) is 1. The van der Waals surface area contributed by atoms with Crippen molar-refractivity contribution in [3.63, 3.8) is 0 Å². The van der Waals surface area contributed by atoms with E-state index in [2.05, 4.69) is 9.72 Å². The van der Waals surface area contributed by atoms with Crippen LogP contribution in [0.15, 0.2) is 12.1 Å². The molecule has 0 saturated heterocycles. The molecule has 0 saturated carbocycles. The Morgan fingerprint density at radius 3 is 2.85 bits per heavy atom. The Hall–Kier alpha value is -1.58. The molecule has 0 aliphatic carbocycles. The van der Waals surface area contributed by atoms with Gasteiger partial charge >= 0.3 is 5.97 Å². The molecule has 13 heavy (non-hydrogen) atoms. The van der Waals surface area contributed by atoms with Gasteiger partial charge in [-0.05, 0) is 18.6 Å². The van der Waals surface area contributed by atoms with E-state index in [1.165, 1.54) is 13.2 Å². The Morgan fingerprint density at radius 2 is 2.31 bits per heavy atom. The maximum Gasteiger partial charge on any atom is 0.356 e. The second kappa shape index (κ2) is 3.89. The van der Waals surface area contributed by atoms with Crippen LogP contribution in [-0.4, -0.2) is 18.1 Å². The third kappa shape index (κ3) is 2.18. The molecule has 1 rings (SSSR count). The van der Waals surface area contributed by atoms with Crippen LogP contribution in [0, 0.1) is 0 Å². The van der Waals surface area contributed by atoms with Gasteiger partial charge in [-0.2, -0.15) is 0 Å². The van der Waals surface area contributed by atoms with Gasteiger partial charge in [-0.25, -0.2) is 9.78 Å². The second-order valence-corrected chi connectivity index (χ2v) is 2.62. The fraction of sp³-hybridized carbons (Fsp3) is 0.333. The Morgan fingerprint density at radius 1 is 1.62 bits per heavy atom. The molecule has 70 valence electrons. The summed E-state index contributed by atoms with van der Waals surface area (Å²) < 4.78 is 4.53. The number of hydrogen-bond acceptors (Lipinski definition) is 4. The van der Waals surface area contributed by atoms with Crippen molar-refractivity contribution in [2.24, 2.45) is 0 Å². The number of esters is 1. The smallest absolute Gasteiger partial charge is 0.356 e. The van der Waals surface area contributed by atoms with E-state index < -0.39 is 5.97 Å². The number of carbonyl (C=O) groups is 1. The highest BCUT2D eigenvalue weighted by atomic mass is 16.5. The quantitative estimate of drug-likeness (QED) is 0.690. The molecule has 0 amide bonds. The van der Waals surface area contributed by atoms with E-state index in [-0.39, 0.29) is 5.69 Å². The number of anilines is 1. The van der Waals surface area contributed by atoms with E-state index in [1.54, 1.807) is 6.07 Å². The highest BCUT2D eigenvalue weighted by Crippen LogP contribution is 2.09. The minimum Gasteiger partial charge on any atom is -0.464 e. The second-order valence-electron chi connectivity index (χ2n) is 2.62. The minimum atomic E-state index is -0.456. The molecule has 0 bridgehead atoms. The first-order valence-electron chi connectivity index (χ1n) is 4.02. The van der Waals surface area contributed by atoms with Gasteiger partial charge in [0.05, 0.1) is 7.11 Å². The van der Waals surface area contributed by atoms with Gasteiger partial charge in [-0.3, -0.25) is 0 Å². The number of methoxy groups -OCH3 is 1. The highest BCUT2D eigenvalue weighted by Gasteiger charge is 2.08. The van der Waals surface area contributed by atoms with E-state index in [0.717, 1.165) is 12.1 Å². The van der Waals surface area contributed by atoms with Crippen LogP contribution in [0.5, 0.6) is 0 Å². The number of pyridine rings is 1. The van der Waals surface area contributed by atoms with Gasteiger partial charge in [0.25, 0.3) is 0 Å². The number of rotatable bonds is 2. The lowest BCUT2D eigenvalue weighted by Crippen LogP contribution is -2.07. The van der Waals surface area contributed by atoms with Crippen molar-refractivity contribution in [2.45, 2.75) is 13.3 Å². The summed E-state index contributed by atoms with van der Waals surface area (Å²) in [4.78, 5) is 15.2. The lowest BCUT2D eigenvalue weighted by atomic mass is 10.2. The van der Waals surface area contributed by atoms with E-state index >= 15 is 0 Å². The average Bonchev–Trinajstić information content (AvgIpc) is 2.15. The molecule has 2 N–H and O–H groups in total. The summed E-state index contributed by atoms with van der Waals surface area (Å²) in [6.45, 7) is 1.95. The Bertz CT molecular complexity index is 323. The molecule has 0 aliphatic heterocycles. The van der Waals surface area contributed by atoms with Crippen LogP contribution in [0.25, 0.3) is 0 Å². The van der Waals surface area contributed by atoms with Crippen LogP contribution >= 0.6 is 0 Å². The summed E-state index contributed by atoms with van der Waals surface area (Å²) in [5, 5.41) is 0. The summed E-state index contributed by atoms with van der Waals surface area (Å²) in [5.41, 5.74) is 7.17. The maximum atomic E-state index is 11.1. The van der Waals surface area contributed by atoms with E-state index in [4.69, 9.17) is 5.73 Å². The molecule has 1 heterocycles. The van der Waals surface area contributed by atoms with Crippen LogP contribution in [0.2, 0.25) is 0 Å². The topological polar surface area (TPSA) is 65.2 Å². The number of carbonyl (C=O) groups excluding carboxylic acids is 1. The fourth-order valence-electron chi connectivity index (χ4n) is 1.00. The molecule has 0 radical (unpaired) electrons. The van der Waals surface area contributed by atoms with Crippen molar-refractivity contribution in [2.75, 3.05) is 12.8 Å². The van der Waals surface area contributed by atoms with Gasteiger partial charge in [0.15, 0.2) is 5.69 Å². The molecule has 0 atom stereocenters. The zero-order chi connectivity index (χ0) is 9.84. The first-order chi connectivity index (χ1) is 6.17. The van der Waals surface area contributed by atoms with Crippen LogP contribution in [0.1, 0.15) is 23.1 Å². The van der Waals surface area contributed by atoms with E-state index in [1.807, 2.05) is 6.92 Å². The summed E-state index contributed by atoms with van der Waals surface area (Å²) in [5.74, 6) is -0.456. The standard InChI is InChI=1S/C9H12N2O2/c1-3-7-4-6(10)5-8(11-7)9(12)13-2/h4-5H,3H2,1-2H3,(H2,10,11). The van der Waals surface area contributed by atoms with Crippen molar-refractivity contribution in [3.8, 4) is 0 Å². The number of aromatic nitrogens is 1. The Kier molecular flexibility index (Phi) is 2.84. The fourth-order valence-corrected chi connectivity index (χ4v) is 1.00. The molecular formula is C9H12N2O2. The highest BCUT2D eigenvalue weighted by molar-refractivity contribution is 5.88. The van der Waals surface area contributed by atoms with E-state index in [0.29, 0.717) is 5.69 Å². The monoisotopic (exact) mass is 180 g/mol. The number of nitrogens with zero attached hydrogens (tertiary/aromatic N) is 1. The Labute approximate surface area is 76.7 Å². The van der Waals surface area contributed by atoms with Gasteiger partial charge < -0.3 is 10.5 Å². The zero-order valence-electron chi connectivity index (χ0n) is 7.70. The molecule has 4 nitrogen and oxygen atoms in total. The molecule has 0 spiro atoms. The van der Waals surface area contributed by atoms with E-state index in [9.17, 15) is 4.79 Å². The molecule has 0 unspecified atom stereocenters. The van der Waals surface area contributed by atoms with Crippen molar-refractivity contribution in [3.05, 3.63) is 23.5 Å². The molecule has 0 aliphatic rings. The normalized spacial score (nSPS) is 9.69. The summed E-state index contributed by atoms with van der Waals surface area (Å²) >= 11 is 0. The molecule has 4 heteroatoms. The number of hydrogen-bond donors (Lipinski definition) is 1. The van der Waals surface area contributed by atoms with Crippen molar-refractivity contribution >= 4 is 11.7 Å². The first kappa shape index (κ1) is 9.51. The van der Waals surface area contributed by atoms with Gasteiger partial charge in [0, 0.05) is 11.4 Å². The van der Waals surface area contributed by atoms with Crippen molar-refractivity contribution in [1.29, 1.82) is 0 Å². The lowest BCUT2D eigenvalue weighted by Gasteiger charge is -2.02. The third-order valence-corrected chi connectivity index (χ3v) is 1.66. The van der Waals surface area contributed by atoms with Crippen molar-refractivity contribution in [1.82, 2.24) is 4.98 Å². The molecule has 1 aromatic rings. The van der Waals surface area contributed by atoms with Gasteiger partial charge in [-0.1, -0.05) is 6.92 Å². The zero-order valence-corrected chi connectivity index (χ0v) is 7.70. The first-order valence-corrected chi connectivity index (χ1v) is 4.02. The van der Waals surface area contributed by atoms with Crippen LogP contribution in [0.4, 0.5) is 5.69 Å². The van der Waals surface area contributed by atoms with Crippen LogP contribution < -0.4 is 5.73 Å². The summed E-state index contributed by atoms with van der Waals surface area (Å²) in [6, 6.07) is 3.25. The van der Waals surface area contributed by atoms with Crippen LogP contribution in [-0.2, 0) is 11.2 Å². The predicted octanol–water partition coefficient (Wildman–Crippen LogP) is 1.01.